The van der Waals surface area contributed by atoms with Gasteiger partial charge in [0.1, 0.15) is 0 Å². The van der Waals surface area contributed by atoms with E-state index in [1.165, 1.54) is 11.1 Å². The molecule has 5 heteroatoms. The van der Waals surface area contributed by atoms with Crippen LogP contribution in [0.4, 0.5) is 5.69 Å². The highest BCUT2D eigenvalue weighted by molar-refractivity contribution is 6.33. The van der Waals surface area contributed by atoms with Crippen molar-refractivity contribution >= 4 is 17.3 Å². The molecule has 1 atom stereocenters. The molecule has 1 aromatic carbocycles. The molecule has 1 aliphatic rings. The van der Waals surface area contributed by atoms with Gasteiger partial charge >= 0.3 is 0 Å². The van der Waals surface area contributed by atoms with E-state index in [4.69, 9.17) is 11.6 Å². The smallest absolute Gasteiger partial charge is 0.0839 e. The summed E-state index contributed by atoms with van der Waals surface area (Å²) in [6.07, 6.45) is 3.89. The van der Waals surface area contributed by atoms with Crippen molar-refractivity contribution in [2.45, 2.75) is 19.1 Å². The summed E-state index contributed by atoms with van der Waals surface area (Å²) in [6, 6.07) is 10.3. The van der Waals surface area contributed by atoms with Gasteiger partial charge in [-0.2, -0.15) is 0 Å². The minimum atomic E-state index is -0.436. The van der Waals surface area contributed by atoms with Gasteiger partial charge in [-0.1, -0.05) is 35.9 Å². The predicted octanol–water partition coefficient (Wildman–Crippen LogP) is 2.57. The van der Waals surface area contributed by atoms with Crippen LogP contribution >= 0.6 is 11.6 Å². The molecule has 1 aromatic heterocycles. The molecule has 2 N–H and O–H groups in total. The molecule has 0 saturated heterocycles. The number of β-amino-alcohol motifs (C(OH)–C–C–N with tert-alkyl or cyclic N) is 1. The molecule has 0 bridgehead atoms. The van der Waals surface area contributed by atoms with Crippen LogP contribution < -0.4 is 5.32 Å². The summed E-state index contributed by atoms with van der Waals surface area (Å²) in [5.41, 5.74) is 3.60. The Kier molecular flexibility index (Phi) is 4.93. The zero-order valence-electron chi connectivity index (χ0n) is 12.4. The zero-order chi connectivity index (χ0) is 15.4. The van der Waals surface area contributed by atoms with Gasteiger partial charge in [-0.15, -0.1) is 0 Å². The summed E-state index contributed by atoms with van der Waals surface area (Å²) in [5.74, 6) is 0. The van der Waals surface area contributed by atoms with Gasteiger partial charge in [0.25, 0.3) is 0 Å². The number of nitrogens with zero attached hydrogens (tertiary/aromatic N) is 2. The molecule has 0 radical (unpaired) electrons. The fraction of sp³-hybridized carbons (Fsp3) is 0.353. The first kappa shape index (κ1) is 15.3. The van der Waals surface area contributed by atoms with Crippen LogP contribution in [-0.2, 0) is 13.0 Å². The van der Waals surface area contributed by atoms with Crippen LogP contribution in [0.5, 0.6) is 0 Å². The number of rotatable bonds is 5. The van der Waals surface area contributed by atoms with Gasteiger partial charge in [0.15, 0.2) is 0 Å². The zero-order valence-corrected chi connectivity index (χ0v) is 13.1. The summed E-state index contributed by atoms with van der Waals surface area (Å²) < 4.78 is 0. The number of hydrogen-bond donors (Lipinski definition) is 2. The Morgan fingerprint density at radius 2 is 2.09 bits per heavy atom. The van der Waals surface area contributed by atoms with Crippen LogP contribution in [0.1, 0.15) is 11.1 Å². The molecule has 0 fully saturated rings. The van der Waals surface area contributed by atoms with Gasteiger partial charge in [-0.3, -0.25) is 9.88 Å². The van der Waals surface area contributed by atoms with Crippen LogP contribution in [0.2, 0.25) is 5.02 Å². The Hall–Kier alpha value is -1.62. The number of pyridine rings is 1. The first-order valence-corrected chi connectivity index (χ1v) is 7.91. The van der Waals surface area contributed by atoms with E-state index < -0.39 is 6.10 Å². The van der Waals surface area contributed by atoms with E-state index >= 15 is 0 Å². The van der Waals surface area contributed by atoms with Gasteiger partial charge in [0.05, 0.1) is 16.8 Å². The van der Waals surface area contributed by atoms with Crippen LogP contribution in [-0.4, -0.2) is 40.7 Å². The van der Waals surface area contributed by atoms with Crippen molar-refractivity contribution in [2.75, 3.05) is 25.0 Å². The second-order valence-corrected chi connectivity index (χ2v) is 6.05. The number of hydrogen-bond acceptors (Lipinski definition) is 4. The molecule has 0 amide bonds. The molecule has 1 aliphatic heterocycles. The van der Waals surface area contributed by atoms with Crippen LogP contribution in [0.3, 0.4) is 0 Å². The first-order valence-electron chi connectivity index (χ1n) is 7.53. The molecule has 4 nitrogen and oxygen atoms in total. The number of anilines is 1. The van der Waals surface area contributed by atoms with E-state index in [2.05, 4.69) is 39.5 Å². The van der Waals surface area contributed by atoms with Gasteiger partial charge in [0.2, 0.25) is 0 Å². The van der Waals surface area contributed by atoms with Crippen LogP contribution in [0, 0.1) is 0 Å². The van der Waals surface area contributed by atoms with E-state index in [1.54, 1.807) is 12.4 Å². The summed E-state index contributed by atoms with van der Waals surface area (Å²) in [6.45, 7) is 3.03. The Bertz CT molecular complexity index is 635. The number of aromatic nitrogens is 1. The normalized spacial score (nSPS) is 16.1. The number of benzene rings is 1. The molecular formula is C17H20ClN3O. The molecule has 2 heterocycles. The minimum absolute atomic E-state index is 0.436. The van der Waals surface area contributed by atoms with Gasteiger partial charge in [-0.05, 0) is 23.6 Å². The Morgan fingerprint density at radius 3 is 2.91 bits per heavy atom. The third-order valence-corrected chi connectivity index (χ3v) is 4.28. The molecule has 0 aliphatic carbocycles. The first-order chi connectivity index (χ1) is 10.7. The SMILES string of the molecule is OC(CNc1ccncc1Cl)CN1CCc2ccccc2C1. The van der Waals surface area contributed by atoms with Crippen molar-refractivity contribution in [1.82, 2.24) is 9.88 Å². The Balaban J connectivity index is 1.51. The lowest BCUT2D eigenvalue weighted by Crippen LogP contribution is -2.39. The number of aliphatic hydroxyl groups excluding tert-OH is 1. The fourth-order valence-corrected chi connectivity index (χ4v) is 3.01. The maximum absolute atomic E-state index is 10.2. The Morgan fingerprint density at radius 1 is 1.27 bits per heavy atom. The van der Waals surface area contributed by atoms with Crippen LogP contribution in [0.25, 0.3) is 0 Å². The molecule has 116 valence electrons. The number of nitrogens with one attached hydrogen (secondary N) is 1. The lowest BCUT2D eigenvalue weighted by molar-refractivity contribution is 0.114. The summed E-state index contributed by atoms with van der Waals surface area (Å²) >= 11 is 6.04. The van der Waals surface area contributed by atoms with E-state index in [9.17, 15) is 5.11 Å². The molecule has 22 heavy (non-hydrogen) atoms. The van der Waals surface area contributed by atoms with Gasteiger partial charge in [-0.25, -0.2) is 0 Å². The average molecular weight is 318 g/mol. The van der Waals surface area contributed by atoms with Crippen molar-refractivity contribution < 1.29 is 5.11 Å². The standard InChI is InChI=1S/C17H20ClN3O/c18-16-10-19-7-5-17(16)20-9-15(22)12-21-8-6-13-3-1-2-4-14(13)11-21/h1-5,7,10,15,22H,6,8-9,11-12H2,(H,19,20). The van der Waals surface area contributed by atoms with E-state index in [0.29, 0.717) is 18.1 Å². The number of aliphatic hydroxyl groups is 1. The van der Waals surface area contributed by atoms with Crippen molar-refractivity contribution in [1.29, 1.82) is 0 Å². The van der Waals surface area contributed by atoms with Crippen molar-refractivity contribution in [3.8, 4) is 0 Å². The molecule has 0 spiro atoms. The van der Waals surface area contributed by atoms with Crippen LogP contribution in [0.15, 0.2) is 42.7 Å². The van der Waals surface area contributed by atoms with Gasteiger partial charge in [0, 0.05) is 38.6 Å². The summed E-state index contributed by atoms with van der Waals surface area (Å²) in [5, 5.41) is 14.0. The average Bonchev–Trinajstić information content (AvgIpc) is 2.54. The van der Waals surface area contributed by atoms with E-state index in [1.807, 2.05) is 6.07 Å². The quantitative estimate of drug-likeness (QED) is 0.890. The molecule has 3 rings (SSSR count). The highest BCUT2D eigenvalue weighted by atomic mass is 35.5. The molecular weight excluding hydrogens is 298 g/mol. The van der Waals surface area contributed by atoms with Crippen molar-refractivity contribution in [3.63, 3.8) is 0 Å². The molecule has 1 unspecified atom stereocenters. The second kappa shape index (κ2) is 7.09. The highest BCUT2D eigenvalue weighted by Gasteiger charge is 2.18. The lowest BCUT2D eigenvalue weighted by atomic mass is 10.00. The van der Waals surface area contributed by atoms with E-state index in [-0.39, 0.29) is 0 Å². The Labute approximate surface area is 135 Å². The topological polar surface area (TPSA) is 48.4 Å². The lowest BCUT2D eigenvalue weighted by Gasteiger charge is -2.30. The monoisotopic (exact) mass is 317 g/mol. The second-order valence-electron chi connectivity index (χ2n) is 5.64. The largest absolute Gasteiger partial charge is 0.390 e. The highest BCUT2D eigenvalue weighted by Crippen LogP contribution is 2.20. The van der Waals surface area contributed by atoms with Gasteiger partial charge < -0.3 is 10.4 Å². The van der Waals surface area contributed by atoms with Crippen molar-refractivity contribution in [3.05, 3.63) is 58.9 Å². The summed E-state index contributed by atoms with van der Waals surface area (Å²) in [7, 11) is 0. The maximum atomic E-state index is 10.2. The predicted molar refractivity (Wildman–Crippen MR) is 89.2 cm³/mol. The molecule has 0 saturated carbocycles. The number of fused-ring (bicyclic) bond motifs is 1. The summed E-state index contributed by atoms with van der Waals surface area (Å²) in [4.78, 5) is 6.24. The minimum Gasteiger partial charge on any atom is -0.390 e. The number of halogens is 1. The van der Waals surface area contributed by atoms with Crippen molar-refractivity contribution in [2.24, 2.45) is 0 Å². The maximum Gasteiger partial charge on any atom is 0.0839 e. The van der Waals surface area contributed by atoms with E-state index in [0.717, 1.165) is 25.2 Å². The molecule has 2 aromatic rings. The fourth-order valence-electron chi connectivity index (χ4n) is 2.82. The third kappa shape index (κ3) is 3.77. The third-order valence-electron chi connectivity index (χ3n) is 3.98.